The number of aromatic nitrogens is 2. The number of amides is 1. The number of hydrogen-bond acceptors (Lipinski definition) is 5. The zero-order valence-corrected chi connectivity index (χ0v) is 13.8. The first-order valence-corrected chi connectivity index (χ1v) is 8.40. The van der Waals surface area contributed by atoms with Crippen molar-refractivity contribution in [1.29, 1.82) is 0 Å². The predicted octanol–water partition coefficient (Wildman–Crippen LogP) is 4.18. The summed E-state index contributed by atoms with van der Waals surface area (Å²) in [5.41, 5.74) is 3.87. The summed E-state index contributed by atoms with van der Waals surface area (Å²) in [6.45, 7) is 4.19. The van der Waals surface area contributed by atoms with Gasteiger partial charge in [0.25, 0.3) is 5.91 Å². The molecule has 1 N–H and O–H groups in total. The third kappa shape index (κ3) is 3.17. The number of thiophene rings is 1. The molecule has 0 saturated heterocycles. The maximum atomic E-state index is 12.2. The van der Waals surface area contributed by atoms with Crippen molar-refractivity contribution in [1.82, 2.24) is 10.3 Å². The Balaban J connectivity index is 1.96. The van der Waals surface area contributed by atoms with Crippen molar-refractivity contribution in [3.05, 3.63) is 51.7 Å². The van der Waals surface area contributed by atoms with Crippen LogP contribution >= 0.6 is 11.3 Å². The number of rotatable bonds is 5. The molecule has 2 heterocycles. The Morgan fingerprint density at radius 2 is 2.09 bits per heavy atom. The van der Waals surface area contributed by atoms with Crippen LogP contribution in [0.4, 0.5) is 5.82 Å². The fourth-order valence-corrected chi connectivity index (χ4v) is 3.02. The smallest absolute Gasteiger partial charge is 0.267 e. The van der Waals surface area contributed by atoms with E-state index in [4.69, 9.17) is 4.63 Å². The highest BCUT2D eigenvalue weighted by molar-refractivity contribution is 7.12. The molecule has 0 radical (unpaired) electrons. The molecule has 0 aliphatic carbocycles. The number of benzene rings is 1. The van der Waals surface area contributed by atoms with E-state index >= 15 is 0 Å². The SMILES string of the molecule is CCc1ccc(CC)c(-c2nonc2NC(=O)c2cccs2)c1. The summed E-state index contributed by atoms with van der Waals surface area (Å²) in [7, 11) is 0. The standard InChI is InChI=1S/C17H17N3O2S/c1-3-11-7-8-12(4-2)13(10-11)15-16(20-22-19-15)18-17(21)14-6-5-9-23-14/h5-10H,3-4H2,1-2H3,(H,18,20,21). The number of hydrogen-bond donors (Lipinski definition) is 1. The Bertz CT molecular complexity index is 809. The molecular weight excluding hydrogens is 310 g/mol. The Morgan fingerprint density at radius 1 is 1.22 bits per heavy atom. The van der Waals surface area contributed by atoms with Crippen LogP contribution in [-0.2, 0) is 12.8 Å². The van der Waals surface area contributed by atoms with Gasteiger partial charge in [0.2, 0.25) is 5.82 Å². The van der Waals surface area contributed by atoms with E-state index < -0.39 is 0 Å². The van der Waals surface area contributed by atoms with Gasteiger partial charge >= 0.3 is 0 Å². The van der Waals surface area contributed by atoms with Gasteiger partial charge in [-0.25, -0.2) is 4.63 Å². The van der Waals surface area contributed by atoms with E-state index in [0.717, 1.165) is 24.0 Å². The van der Waals surface area contributed by atoms with Crippen LogP contribution in [0, 0.1) is 0 Å². The Morgan fingerprint density at radius 3 is 2.78 bits per heavy atom. The molecule has 0 unspecified atom stereocenters. The maximum absolute atomic E-state index is 12.2. The minimum absolute atomic E-state index is 0.207. The third-order valence-electron chi connectivity index (χ3n) is 3.68. The second kappa shape index (κ2) is 6.75. The predicted molar refractivity (Wildman–Crippen MR) is 90.8 cm³/mol. The lowest BCUT2D eigenvalue weighted by Crippen LogP contribution is -2.11. The minimum atomic E-state index is -0.207. The number of carbonyl (C=O) groups is 1. The van der Waals surface area contributed by atoms with Crippen molar-refractivity contribution in [2.24, 2.45) is 0 Å². The Hall–Kier alpha value is -2.47. The molecular formula is C17H17N3O2S. The van der Waals surface area contributed by atoms with Gasteiger partial charge in [-0.2, -0.15) is 0 Å². The average molecular weight is 327 g/mol. The van der Waals surface area contributed by atoms with Crippen molar-refractivity contribution in [3.8, 4) is 11.3 Å². The quantitative estimate of drug-likeness (QED) is 0.763. The number of nitrogens with zero attached hydrogens (tertiary/aromatic N) is 2. The van der Waals surface area contributed by atoms with Crippen LogP contribution in [0.2, 0.25) is 0 Å². The normalized spacial score (nSPS) is 10.7. The summed E-state index contributed by atoms with van der Waals surface area (Å²) < 4.78 is 4.88. The Kier molecular flexibility index (Phi) is 4.52. The first-order valence-electron chi connectivity index (χ1n) is 7.52. The van der Waals surface area contributed by atoms with Gasteiger partial charge < -0.3 is 5.32 Å². The molecule has 6 heteroatoms. The summed E-state index contributed by atoms with van der Waals surface area (Å²) >= 11 is 1.38. The van der Waals surface area contributed by atoms with E-state index in [9.17, 15) is 4.79 Å². The molecule has 1 amide bonds. The van der Waals surface area contributed by atoms with Crippen molar-refractivity contribution in [2.45, 2.75) is 26.7 Å². The molecule has 118 valence electrons. The number of anilines is 1. The summed E-state index contributed by atoms with van der Waals surface area (Å²) in [6, 6.07) is 9.89. The summed E-state index contributed by atoms with van der Waals surface area (Å²) in [5, 5.41) is 12.5. The van der Waals surface area contributed by atoms with Crippen LogP contribution in [0.5, 0.6) is 0 Å². The van der Waals surface area contributed by atoms with Gasteiger partial charge in [0.15, 0.2) is 5.69 Å². The molecule has 0 fully saturated rings. The topological polar surface area (TPSA) is 68.0 Å². The van der Waals surface area contributed by atoms with Crippen molar-refractivity contribution < 1.29 is 9.42 Å². The molecule has 0 bridgehead atoms. The molecule has 3 rings (SSSR count). The molecule has 23 heavy (non-hydrogen) atoms. The number of aryl methyl sites for hydroxylation is 2. The van der Waals surface area contributed by atoms with Crippen LogP contribution < -0.4 is 5.32 Å². The molecule has 0 saturated carbocycles. The van der Waals surface area contributed by atoms with Crippen LogP contribution in [-0.4, -0.2) is 16.2 Å². The monoisotopic (exact) mass is 327 g/mol. The molecule has 0 aliphatic heterocycles. The molecule has 5 nitrogen and oxygen atoms in total. The van der Waals surface area contributed by atoms with Crippen LogP contribution in [0.25, 0.3) is 11.3 Å². The highest BCUT2D eigenvalue weighted by Gasteiger charge is 2.18. The van der Waals surface area contributed by atoms with E-state index in [1.54, 1.807) is 6.07 Å². The van der Waals surface area contributed by atoms with E-state index in [2.05, 4.69) is 47.7 Å². The summed E-state index contributed by atoms with van der Waals surface area (Å²) in [4.78, 5) is 12.8. The highest BCUT2D eigenvalue weighted by Crippen LogP contribution is 2.30. The van der Waals surface area contributed by atoms with Crippen LogP contribution in [0.15, 0.2) is 40.3 Å². The largest absolute Gasteiger partial charge is 0.301 e. The second-order valence-corrected chi connectivity index (χ2v) is 6.04. The van der Waals surface area contributed by atoms with Gasteiger partial charge in [-0.15, -0.1) is 11.3 Å². The van der Waals surface area contributed by atoms with E-state index in [1.165, 1.54) is 16.9 Å². The fraction of sp³-hybridized carbons (Fsp3) is 0.235. The number of nitrogens with one attached hydrogen (secondary N) is 1. The first-order chi connectivity index (χ1) is 11.2. The van der Waals surface area contributed by atoms with Gasteiger partial charge in [-0.3, -0.25) is 4.79 Å². The van der Waals surface area contributed by atoms with Gasteiger partial charge in [-0.1, -0.05) is 32.0 Å². The molecule has 1 aromatic carbocycles. The molecule has 2 aromatic heterocycles. The molecule has 0 aliphatic rings. The third-order valence-corrected chi connectivity index (χ3v) is 4.55. The second-order valence-electron chi connectivity index (χ2n) is 5.09. The zero-order valence-electron chi connectivity index (χ0n) is 13.0. The van der Waals surface area contributed by atoms with Crippen LogP contribution in [0.3, 0.4) is 0 Å². The van der Waals surface area contributed by atoms with Gasteiger partial charge in [-0.05, 0) is 51.8 Å². The molecule has 0 atom stereocenters. The van der Waals surface area contributed by atoms with Gasteiger partial charge in [0.05, 0.1) is 4.88 Å². The maximum Gasteiger partial charge on any atom is 0.267 e. The lowest BCUT2D eigenvalue weighted by Gasteiger charge is -2.08. The zero-order chi connectivity index (χ0) is 16.2. The first kappa shape index (κ1) is 15.4. The van der Waals surface area contributed by atoms with Crippen LogP contribution in [0.1, 0.15) is 34.6 Å². The lowest BCUT2D eigenvalue weighted by atomic mass is 9.98. The fourth-order valence-electron chi connectivity index (χ4n) is 2.40. The average Bonchev–Trinajstić information content (AvgIpc) is 3.25. The van der Waals surface area contributed by atoms with Crippen molar-refractivity contribution >= 4 is 23.1 Å². The summed E-state index contributed by atoms with van der Waals surface area (Å²) in [6.07, 6.45) is 1.80. The summed E-state index contributed by atoms with van der Waals surface area (Å²) in [5.74, 6) is 0.146. The van der Waals surface area contributed by atoms with E-state index in [-0.39, 0.29) is 5.91 Å². The lowest BCUT2D eigenvalue weighted by molar-refractivity contribution is 0.102. The van der Waals surface area contributed by atoms with E-state index in [0.29, 0.717) is 16.4 Å². The Labute approximate surface area is 138 Å². The van der Waals surface area contributed by atoms with Gasteiger partial charge in [0, 0.05) is 5.56 Å². The molecule has 0 spiro atoms. The van der Waals surface area contributed by atoms with Gasteiger partial charge in [0.1, 0.15) is 0 Å². The van der Waals surface area contributed by atoms with Crippen molar-refractivity contribution in [2.75, 3.05) is 5.32 Å². The number of carbonyl (C=O) groups excluding carboxylic acids is 1. The van der Waals surface area contributed by atoms with Crippen molar-refractivity contribution in [3.63, 3.8) is 0 Å². The van der Waals surface area contributed by atoms with E-state index in [1.807, 2.05) is 11.4 Å². The molecule has 3 aromatic rings. The highest BCUT2D eigenvalue weighted by atomic mass is 32.1. The minimum Gasteiger partial charge on any atom is -0.301 e.